The molecule has 0 aliphatic heterocycles. The minimum atomic E-state index is -1.29. The van der Waals surface area contributed by atoms with Crippen LogP contribution in [-0.4, -0.2) is 36.4 Å². The Balaban J connectivity index is 3.44. The second-order valence-electron chi connectivity index (χ2n) is 3.40. The smallest absolute Gasteiger partial charge is 0.338 e. The second kappa shape index (κ2) is 5.46. The lowest BCUT2D eigenvalue weighted by molar-refractivity contribution is 0.0697. The third-order valence-electron chi connectivity index (χ3n) is 1.78. The number of benzene rings is 1. The molecule has 0 heterocycles. The maximum absolute atomic E-state index is 13.8. The van der Waals surface area contributed by atoms with E-state index in [1.54, 1.807) is 19.0 Å². The van der Waals surface area contributed by atoms with E-state index in [9.17, 15) is 9.18 Å². The molecule has 0 bridgehead atoms. The molecule has 0 spiro atoms. The molecular weight excluding hydrogens is 314 g/mol. The van der Waals surface area contributed by atoms with E-state index in [1.807, 2.05) is 0 Å². The largest absolute Gasteiger partial charge is 0.478 e. The standard InChI is InChI=1S/C10H9BrClFN2O2/c1-15(2)4-14-9-5(10(16)17)3-6(12)7(11)8(9)13/h3-4H,1-2H3,(H,16,17)/b14-4+. The van der Waals surface area contributed by atoms with Gasteiger partial charge in [-0.05, 0) is 22.0 Å². The van der Waals surface area contributed by atoms with Crippen molar-refractivity contribution in [1.82, 2.24) is 4.90 Å². The Morgan fingerprint density at radius 2 is 2.24 bits per heavy atom. The highest BCUT2D eigenvalue weighted by atomic mass is 79.9. The van der Waals surface area contributed by atoms with E-state index in [-0.39, 0.29) is 20.7 Å². The van der Waals surface area contributed by atoms with E-state index in [4.69, 9.17) is 16.7 Å². The van der Waals surface area contributed by atoms with Crippen molar-refractivity contribution in [2.75, 3.05) is 14.1 Å². The van der Waals surface area contributed by atoms with Crippen LogP contribution >= 0.6 is 27.5 Å². The molecular formula is C10H9BrClFN2O2. The first kappa shape index (κ1) is 13.9. The fourth-order valence-electron chi connectivity index (χ4n) is 1.05. The lowest BCUT2D eigenvalue weighted by Gasteiger charge is -2.08. The summed E-state index contributed by atoms with van der Waals surface area (Å²) in [6.07, 6.45) is 1.31. The molecule has 0 aliphatic rings. The van der Waals surface area contributed by atoms with Crippen molar-refractivity contribution in [1.29, 1.82) is 0 Å². The molecule has 0 atom stereocenters. The van der Waals surface area contributed by atoms with E-state index in [0.29, 0.717) is 0 Å². The van der Waals surface area contributed by atoms with Crippen LogP contribution in [0.2, 0.25) is 5.02 Å². The summed E-state index contributed by atoms with van der Waals surface area (Å²) in [6.45, 7) is 0. The van der Waals surface area contributed by atoms with Gasteiger partial charge in [0.25, 0.3) is 0 Å². The number of carboxylic acids is 1. The summed E-state index contributed by atoms with van der Waals surface area (Å²) in [5.41, 5.74) is -0.545. The molecule has 0 amide bonds. The number of hydrogen-bond acceptors (Lipinski definition) is 2. The van der Waals surface area contributed by atoms with E-state index in [2.05, 4.69) is 20.9 Å². The zero-order valence-electron chi connectivity index (χ0n) is 9.04. The van der Waals surface area contributed by atoms with Gasteiger partial charge in [0.15, 0.2) is 5.82 Å². The minimum absolute atomic E-state index is 0.00456. The summed E-state index contributed by atoms with van der Waals surface area (Å²) in [7, 11) is 3.37. The first-order chi connectivity index (χ1) is 7.84. The SMILES string of the molecule is CN(C)/C=N/c1c(C(=O)O)cc(Cl)c(Br)c1F. The van der Waals surface area contributed by atoms with Crippen LogP contribution in [0.5, 0.6) is 0 Å². The van der Waals surface area contributed by atoms with Gasteiger partial charge in [0, 0.05) is 14.1 Å². The van der Waals surface area contributed by atoms with Crippen molar-refractivity contribution in [3.8, 4) is 0 Å². The highest BCUT2D eigenvalue weighted by molar-refractivity contribution is 9.10. The van der Waals surface area contributed by atoms with Crippen LogP contribution in [0.3, 0.4) is 0 Å². The van der Waals surface area contributed by atoms with Gasteiger partial charge >= 0.3 is 5.97 Å². The van der Waals surface area contributed by atoms with Crippen LogP contribution in [-0.2, 0) is 0 Å². The summed E-state index contributed by atoms with van der Waals surface area (Å²) in [6, 6.07) is 1.15. The summed E-state index contributed by atoms with van der Waals surface area (Å²) < 4.78 is 13.8. The van der Waals surface area contributed by atoms with Gasteiger partial charge in [-0.3, -0.25) is 0 Å². The summed E-state index contributed by atoms with van der Waals surface area (Å²) in [5.74, 6) is -2.09. The van der Waals surface area contributed by atoms with Crippen molar-refractivity contribution < 1.29 is 14.3 Å². The maximum atomic E-state index is 13.8. The van der Waals surface area contributed by atoms with Gasteiger partial charge in [-0.25, -0.2) is 14.2 Å². The van der Waals surface area contributed by atoms with Gasteiger partial charge in [-0.1, -0.05) is 11.6 Å². The number of carbonyl (C=O) groups is 1. The third-order valence-corrected chi connectivity index (χ3v) is 3.09. The molecule has 1 aromatic rings. The number of aromatic carboxylic acids is 1. The van der Waals surface area contributed by atoms with Gasteiger partial charge in [-0.15, -0.1) is 0 Å². The van der Waals surface area contributed by atoms with Crippen molar-refractivity contribution >= 4 is 45.5 Å². The maximum Gasteiger partial charge on any atom is 0.338 e. The average Bonchev–Trinajstić information content (AvgIpc) is 2.23. The van der Waals surface area contributed by atoms with Crippen LogP contribution in [0.15, 0.2) is 15.5 Å². The fraction of sp³-hybridized carbons (Fsp3) is 0.200. The highest BCUT2D eigenvalue weighted by Gasteiger charge is 2.19. The number of carboxylic acid groups (broad SMARTS) is 1. The second-order valence-corrected chi connectivity index (χ2v) is 4.60. The number of hydrogen-bond donors (Lipinski definition) is 1. The Bertz CT molecular complexity index is 492. The van der Waals surface area contributed by atoms with Crippen LogP contribution in [0.25, 0.3) is 0 Å². The van der Waals surface area contributed by atoms with Crippen LogP contribution in [0, 0.1) is 5.82 Å². The molecule has 1 aromatic carbocycles. The van der Waals surface area contributed by atoms with Gasteiger partial charge in [0.05, 0.1) is 21.4 Å². The molecule has 4 nitrogen and oxygen atoms in total. The van der Waals surface area contributed by atoms with Gasteiger partial charge in [0.1, 0.15) is 5.69 Å². The molecule has 1 N–H and O–H groups in total. The molecule has 0 radical (unpaired) electrons. The minimum Gasteiger partial charge on any atom is -0.478 e. The van der Waals surface area contributed by atoms with Crippen LogP contribution < -0.4 is 0 Å². The normalized spacial score (nSPS) is 10.9. The highest BCUT2D eigenvalue weighted by Crippen LogP contribution is 2.35. The number of aliphatic imine (C=N–C) groups is 1. The van der Waals surface area contributed by atoms with Gasteiger partial charge in [0.2, 0.25) is 0 Å². The average molecular weight is 324 g/mol. The molecule has 0 fully saturated rings. The zero-order valence-corrected chi connectivity index (χ0v) is 11.4. The Morgan fingerprint density at radius 1 is 1.65 bits per heavy atom. The first-order valence-corrected chi connectivity index (χ1v) is 5.63. The molecule has 0 saturated carbocycles. The summed E-state index contributed by atoms with van der Waals surface area (Å²) in [5, 5.41) is 8.93. The molecule has 0 unspecified atom stereocenters. The summed E-state index contributed by atoms with van der Waals surface area (Å²) in [4.78, 5) is 16.3. The molecule has 0 saturated heterocycles. The van der Waals surface area contributed by atoms with Crippen LogP contribution in [0.1, 0.15) is 10.4 Å². The van der Waals surface area contributed by atoms with E-state index in [0.717, 1.165) is 6.07 Å². The van der Waals surface area contributed by atoms with Crippen molar-refractivity contribution in [2.24, 2.45) is 4.99 Å². The van der Waals surface area contributed by atoms with Gasteiger partial charge in [-0.2, -0.15) is 0 Å². The topological polar surface area (TPSA) is 52.9 Å². The molecule has 92 valence electrons. The first-order valence-electron chi connectivity index (χ1n) is 4.46. The number of halogens is 3. The fourth-order valence-corrected chi connectivity index (χ4v) is 1.54. The Labute approximate surface area is 111 Å². The van der Waals surface area contributed by atoms with E-state index in [1.165, 1.54) is 6.34 Å². The van der Waals surface area contributed by atoms with Crippen molar-refractivity contribution in [2.45, 2.75) is 0 Å². The zero-order chi connectivity index (χ0) is 13.2. The van der Waals surface area contributed by atoms with E-state index < -0.39 is 11.8 Å². The summed E-state index contributed by atoms with van der Waals surface area (Å²) >= 11 is 8.62. The Hall–Kier alpha value is -1.14. The Kier molecular flexibility index (Phi) is 4.47. The van der Waals surface area contributed by atoms with E-state index >= 15 is 0 Å². The molecule has 0 aromatic heterocycles. The van der Waals surface area contributed by atoms with Gasteiger partial charge < -0.3 is 10.0 Å². The predicted octanol–water partition coefficient (Wildman–Crippen LogP) is 3.16. The monoisotopic (exact) mass is 322 g/mol. The Morgan fingerprint density at radius 3 is 2.71 bits per heavy atom. The molecule has 1 rings (SSSR count). The quantitative estimate of drug-likeness (QED) is 0.528. The number of rotatable bonds is 3. The van der Waals surface area contributed by atoms with Crippen molar-refractivity contribution in [3.05, 3.63) is 26.9 Å². The van der Waals surface area contributed by atoms with Crippen LogP contribution in [0.4, 0.5) is 10.1 Å². The lowest BCUT2D eigenvalue weighted by atomic mass is 10.2. The molecule has 17 heavy (non-hydrogen) atoms. The number of nitrogens with zero attached hydrogens (tertiary/aromatic N) is 2. The molecule has 0 aliphatic carbocycles. The third kappa shape index (κ3) is 3.17. The van der Waals surface area contributed by atoms with Crippen molar-refractivity contribution in [3.63, 3.8) is 0 Å². The molecule has 7 heteroatoms. The predicted molar refractivity (Wildman–Crippen MR) is 67.9 cm³/mol. The lowest BCUT2D eigenvalue weighted by Crippen LogP contribution is -2.08.